The van der Waals surface area contributed by atoms with Gasteiger partial charge in [-0.1, -0.05) is 6.07 Å². The van der Waals surface area contributed by atoms with Gasteiger partial charge in [0.1, 0.15) is 0 Å². The first kappa shape index (κ1) is 16.9. The molecule has 1 aromatic heterocycles. The maximum absolute atomic E-state index is 5.05. The van der Waals surface area contributed by atoms with E-state index in [9.17, 15) is 0 Å². The lowest BCUT2D eigenvalue weighted by Gasteiger charge is -2.57. The van der Waals surface area contributed by atoms with E-state index in [-0.39, 0.29) is 0 Å². The smallest absolute Gasteiger partial charge is 0.0409 e. The third kappa shape index (κ3) is 2.74. The summed E-state index contributed by atoms with van der Waals surface area (Å²) in [4.78, 5) is 5.05. The van der Waals surface area contributed by atoms with Crippen molar-refractivity contribution in [3.63, 3.8) is 0 Å². The number of pyridine rings is 1. The first-order valence-electron chi connectivity index (χ1n) is 12.6. The molecule has 8 bridgehead atoms. The van der Waals surface area contributed by atoms with Gasteiger partial charge in [-0.3, -0.25) is 4.98 Å². The van der Waals surface area contributed by atoms with Crippen LogP contribution in [0.1, 0.15) is 88.3 Å². The zero-order valence-electron chi connectivity index (χ0n) is 17.5. The molecule has 0 unspecified atom stereocenters. The van der Waals surface area contributed by atoms with Crippen LogP contribution in [0, 0.1) is 46.3 Å². The van der Waals surface area contributed by atoms with Gasteiger partial charge >= 0.3 is 0 Å². The van der Waals surface area contributed by atoms with Crippen molar-refractivity contribution in [2.24, 2.45) is 46.3 Å². The molecule has 0 saturated heterocycles. The molecule has 0 spiro atoms. The third-order valence-corrected chi connectivity index (χ3v) is 10.4. The van der Waals surface area contributed by atoms with Gasteiger partial charge in [0.15, 0.2) is 0 Å². The number of hydrogen-bond donors (Lipinski definition) is 0. The molecule has 0 amide bonds. The lowest BCUT2D eigenvalue weighted by atomic mass is 9.48. The third-order valence-electron chi connectivity index (χ3n) is 10.4. The topological polar surface area (TPSA) is 12.9 Å². The van der Waals surface area contributed by atoms with Gasteiger partial charge in [-0.05, 0) is 148 Å². The molecular weight excluding hydrogens is 338 g/mol. The van der Waals surface area contributed by atoms with Crippen molar-refractivity contribution in [2.75, 3.05) is 0 Å². The van der Waals surface area contributed by atoms with Gasteiger partial charge in [0, 0.05) is 11.9 Å². The summed E-state index contributed by atoms with van der Waals surface area (Å²) in [5.41, 5.74) is 4.22. The summed E-state index contributed by atoms with van der Waals surface area (Å²) in [5, 5.41) is 0. The van der Waals surface area contributed by atoms with Gasteiger partial charge in [-0.15, -0.1) is 0 Å². The molecule has 8 aliphatic carbocycles. The first-order chi connectivity index (χ1) is 13.6. The Hall–Kier alpha value is -0.850. The summed E-state index contributed by atoms with van der Waals surface area (Å²) in [6.07, 6.45) is 23.3. The Morgan fingerprint density at radius 2 is 1.04 bits per heavy atom. The standard InChI is InChI=1S/C27H37N/c1-2-25(16-27-13-22-6-23(14-27)8-24(7-22)15-27)28-17-18(1)9-26-10-19-3-20(11-26)5-21(4-19)12-26/h1-2,17,19-24H,3-16H2. The van der Waals surface area contributed by atoms with Gasteiger partial charge in [0.2, 0.25) is 0 Å². The summed E-state index contributed by atoms with van der Waals surface area (Å²) in [7, 11) is 0. The van der Waals surface area contributed by atoms with Crippen LogP contribution in [-0.2, 0) is 12.8 Å². The predicted octanol–water partition coefficient (Wildman–Crippen LogP) is 6.60. The molecule has 0 atom stereocenters. The van der Waals surface area contributed by atoms with Crippen LogP contribution >= 0.6 is 0 Å². The quantitative estimate of drug-likeness (QED) is 0.578. The molecule has 9 rings (SSSR count). The molecule has 0 aliphatic heterocycles. The molecule has 0 radical (unpaired) electrons. The largest absolute Gasteiger partial charge is 0.261 e. The maximum atomic E-state index is 5.05. The van der Waals surface area contributed by atoms with Crippen LogP contribution in [0.2, 0.25) is 0 Å². The van der Waals surface area contributed by atoms with Gasteiger partial charge in [-0.25, -0.2) is 0 Å². The van der Waals surface area contributed by atoms with Crippen molar-refractivity contribution < 1.29 is 0 Å². The van der Waals surface area contributed by atoms with E-state index in [2.05, 4.69) is 18.3 Å². The minimum absolute atomic E-state index is 0.628. The van der Waals surface area contributed by atoms with E-state index >= 15 is 0 Å². The van der Waals surface area contributed by atoms with E-state index < -0.39 is 0 Å². The summed E-state index contributed by atoms with van der Waals surface area (Å²) in [6.45, 7) is 0. The zero-order valence-corrected chi connectivity index (χ0v) is 17.5. The molecule has 8 fully saturated rings. The van der Waals surface area contributed by atoms with Crippen LogP contribution in [0.3, 0.4) is 0 Å². The summed E-state index contributed by atoms with van der Waals surface area (Å²) < 4.78 is 0. The van der Waals surface area contributed by atoms with Crippen molar-refractivity contribution in [1.82, 2.24) is 4.98 Å². The van der Waals surface area contributed by atoms with Crippen LogP contribution in [0.4, 0.5) is 0 Å². The molecule has 150 valence electrons. The molecule has 1 aromatic rings. The van der Waals surface area contributed by atoms with Gasteiger partial charge in [-0.2, -0.15) is 0 Å². The van der Waals surface area contributed by atoms with Crippen LogP contribution in [0.5, 0.6) is 0 Å². The Morgan fingerprint density at radius 3 is 1.43 bits per heavy atom. The lowest BCUT2D eigenvalue weighted by Crippen LogP contribution is -2.47. The van der Waals surface area contributed by atoms with Gasteiger partial charge in [0.05, 0.1) is 0 Å². The monoisotopic (exact) mass is 375 g/mol. The van der Waals surface area contributed by atoms with E-state index in [1.165, 1.54) is 62.6 Å². The average molecular weight is 376 g/mol. The van der Waals surface area contributed by atoms with E-state index in [0.717, 1.165) is 35.5 Å². The minimum atomic E-state index is 0.628. The zero-order chi connectivity index (χ0) is 18.3. The van der Waals surface area contributed by atoms with Crippen molar-refractivity contribution in [2.45, 2.75) is 89.9 Å². The van der Waals surface area contributed by atoms with Gasteiger partial charge in [0.25, 0.3) is 0 Å². The minimum Gasteiger partial charge on any atom is -0.261 e. The number of nitrogens with zero attached hydrogens (tertiary/aromatic N) is 1. The normalized spacial score (nSPS) is 50.4. The highest BCUT2D eigenvalue weighted by atomic mass is 14.7. The van der Waals surface area contributed by atoms with Crippen LogP contribution in [0.15, 0.2) is 18.3 Å². The summed E-state index contributed by atoms with van der Waals surface area (Å²) in [5.74, 6) is 6.36. The molecular formula is C27H37N. The molecule has 8 aliphatic rings. The molecule has 0 N–H and O–H groups in total. The second kappa shape index (κ2) is 5.86. The van der Waals surface area contributed by atoms with Crippen LogP contribution in [0.25, 0.3) is 0 Å². The SMILES string of the molecule is c1cc(CC23CC4CC(CC(C4)C2)C3)ncc1CC12CC3CC(CC(C3)C1)C2. The second-order valence-corrected chi connectivity index (χ2v) is 12.8. The maximum Gasteiger partial charge on any atom is 0.0409 e. The Kier molecular flexibility index (Phi) is 3.53. The molecule has 1 heteroatoms. The Bertz CT molecular complexity index is 623. The number of rotatable bonds is 4. The lowest BCUT2D eigenvalue weighted by molar-refractivity contribution is -0.0531. The summed E-state index contributed by atoms with van der Waals surface area (Å²) >= 11 is 0. The van der Waals surface area contributed by atoms with Crippen molar-refractivity contribution in [1.29, 1.82) is 0 Å². The Balaban J connectivity index is 1.07. The fourth-order valence-corrected chi connectivity index (χ4v) is 10.5. The fourth-order valence-electron chi connectivity index (χ4n) is 10.5. The highest BCUT2D eigenvalue weighted by molar-refractivity contribution is 5.19. The molecule has 1 nitrogen and oxygen atoms in total. The van der Waals surface area contributed by atoms with E-state index in [1.807, 2.05) is 0 Å². The van der Waals surface area contributed by atoms with Crippen molar-refractivity contribution in [3.8, 4) is 0 Å². The first-order valence-corrected chi connectivity index (χ1v) is 12.6. The second-order valence-electron chi connectivity index (χ2n) is 12.8. The average Bonchev–Trinajstić information content (AvgIpc) is 2.60. The molecule has 0 aromatic carbocycles. The van der Waals surface area contributed by atoms with Crippen LogP contribution < -0.4 is 0 Å². The van der Waals surface area contributed by atoms with Crippen LogP contribution in [-0.4, -0.2) is 4.98 Å². The number of hydrogen-bond acceptors (Lipinski definition) is 1. The van der Waals surface area contributed by atoms with E-state index in [0.29, 0.717) is 10.8 Å². The predicted molar refractivity (Wildman–Crippen MR) is 113 cm³/mol. The molecule has 8 saturated carbocycles. The number of aromatic nitrogens is 1. The fraction of sp³-hybridized carbons (Fsp3) is 0.815. The van der Waals surface area contributed by atoms with Gasteiger partial charge < -0.3 is 0 Å². The molecule has 1 heterocycles. The van der Waals surface area contributed by atoms with E-state index in [4.69, 9.17) is 4.98 Å². The molecule has 28 heavy (non-hydrogen) atoms. The Labute approximate surface area is 171 Å². The van der Waals surface area contributed by atoms with E-state index in [1.54, 1.807) is 38.5 Å². The summed E-state index contributed by atoms with van der Waals surface area (Å²) in [6, 6.07) is 4.90. The van der Waals surface area contributed by atoms with Crippen molar-refractivity contribution >= 4 is 0 Å². The highest BCUT2D eigenvalue weighted by Crippen LogP contribution is 2.62. The Morgan fingerprint density at radius 1 is 0.607 bits per heavy atom. The van der Waals surface area contributed by atoms with Crippen molar-refractivity contribution in [3.05, 3.63) is 29.6 Å². The highest BCUT2D eigenvalue weighted by Gasteiger charge is 2.52.